The van der Waals surface area contributed by atoms with E-state index in [2.05, 4.69) is 10.3 Å². The standard InChI is InChI=1S/C15H9Cl2N3O3S/c1-7-4-13-11(6-10(7)17)18-15(24-13)19-14(21)8-2-3-9(16)12(5-8)20(22)23/h2-6H,1H3,(H,18,19,21). The summed E-state index contributed by atoms with van der Waals surface area (Å²) < 4.78 is 0.884. The van der Waals surface area contributed by atoms with E-state index in [0.717, 1.165) is 16.3 Å². The highest BCUT2D eigenvalue weighted by molar-refractivity contribution is 7.22. The molecule has 122 valence electrons. The zero-order chi connectivity index (χ0) is 17.4. The van der Waals surface area contributed by atoms with Crippen LogP contribution >= 0.6 is 34.5 Å². The third-order valence-corrected chi connectivity index (χ3v) is 4.95. The van der Waals surface area contributed by atoms with E-state index in [1.165, 1.54) is 23.5 Å². The van der Waals surface area contributed by atoms with Crippen molar-refractivity contribution in [3.05, 3.63) is 61.6 Å². The summed E-state index contributed by atoms with van der Waals surface area (Å²) in [6.07, 6.45) is 0. The summed E-state index contributed by atoms with van der Waals surface area (Å²) in [6, 6.07) is 7.48. The van der Waals surface area contributed by atoms with Gasteiger partial charge in [0.05, 0.1) is 15.1 Å². The van der Waals surface area contributed by atoms with Crippen molar-refractivity contribution in [1.29, 1.82) is 0 Å². The van der Waals surface area contributed by atoms with Gasteiger partial charge >= 0.3 is 0 Å². The van der Waals surface area contributed by atoms with Crippen LogP contribution in [0.15, 0.2) is 30.3 Å². The number of anilines is 1. The maximum Gasteiger partial charge on any atom is 0.288 e. The molecule has 0 radical (unpaired) electrons. The molecule has 1 N–H and O–H groups in total. The topological polar surface area (TPSA) is 85.1 Å². The summed E-state index contributed by atoms with van der Waals surface area (Å²) >= 11 is 13.1. The third kappa shape index (κ3) is 3.19. The molecular weight excluding hydrogens is 373 g/mol. The van der Waals surface area contributed by atoms with Gasteiger partial charge in [-0.2, -0.15) is 0 Å². The van der Waals surface area contributed by atoms with E-state index in [1.54, 1.807) is 6.07 Å². The fourth-order valence-corrected chi connectivity index (χ4v) is 3.35. The molecule has 1 amide bonds. The number of rotatable bonds is 3. The van der Waals surface area contributed by atoms with E-state index in [9.17, 15) is 14.9 Å². The fraction of sp³-hybridized carbons (Fsp3) is 0.0667. The Labute approximate surface area is 150 Å². The van der Waals surface area contributed by atoms with Crippen molar-refractivity contribution >= 4 is 61.5 Å². The van der Waals surface area contributed by atoms with E-state index < -0.39 is 10.8 Å². The molecule has 0 unspecified atom stereocenters. The summed E-state index contributed by atoms with van der Waals surface area (Å²) in [7, 11) is 0. The van der Waals surface area contributed by atoms with Gasteiger partial charge in [-0.15, -0.1) is 0 Å². The predicted octanol–water partition coefficient (Wildman–Crippen LogP) is 5.07. The molecule has 0 bridgehead atoms. The second-order valence-corrected chi connectivity index (χ2v) is 6.81. The van der Waals surface area contributed by atoms with Crippen LogP contribution in [0, 0.1) is 17.0 Å². The van der Waals surface area contributed by atoms with Gasteiger partial charge in [-0.25, -0.2) is 4.98 Å². The number of nitrogens with one attached hydrogen (secondary N) is 1. The van der Waals surface area contributed by atoms with Crippen LogP contribution in [0.4, 0.5) is 10.8 Å². The molecular formula is C15H9Cl2N3O3S. The van der Waals surface area contributed by atoms with Crippen molar-refractivity contribution in [3.8, 4) is 0 Å². The Morgan fingerprint density at radius 3 is 2.71 bits per heavy atom. The summed E-state index contributed by atoms with van der Waals surface area (Å²) in [5, 5.41) is 14.5. The molecule has 0 atom stereocenters. The molecule has 1 aromatic heterocycles. The van der Waals surface area contributed by atoms with Crippen LogP contribution in [-0.2, 0) is 0 Å². The molecule has 3 aromatic rings. The van der Waals surface area contributed by atoms with Gasteiger partial charge in [-0.1, -0.05) is 34.5 Å². The highest BCUT2D eigenvalue weighted by Crippen LogP contribution is 2.31. The number of nitrogens with zero attached hydrogens (tertiary/aromatic N) is 2. The van der Waals surface area contributed by atoms with Gasteiger partial charge in [0.15, 0.2) is 5.13 Å². The number of hydrogen-bond acceptors (Lipinski definition) is 5. The molecule has 0 aliphatic heterocycles. The first-order valence-electron chi connectivity index (χ1n) is 6.67. The van der Waals surface area contributed by atoms with Gasteiger partial charge in [0, 0.05) is 16.7 Å². The summed E-state index contributed by atoms with van der Waals surface area (Å²) in [5.74, 6) is -0.503. The van der Waals surface area contributed by atoms with Crippen molar-refractivity contribution in [2.24, 2.45) is 0 Å². The number of amides is 1. The van der Waals surface area contributed by atoms with E-state index in [-0.39, 0.29) is 16.3 Å². The van der Waals surface area contributed by atoms with Gasteiger partial charge < -0.3 is 0 Å². The zero-order valence-electron chi connectivity index (χ0n) is 12.2. The second-order valence-electron chi connectivity index (χ2n) is 4.97. The van der Waals surface area contributed by atoms with Crippen LogP contribution in [0.2, 0.25) is 10.0 Å². The van der Waals surface area contributed by atoms with Crippen molar-refractivity contribution < 1.29 is 9.72 Å². The van der Waals surface area contributed by atoms with Crippen LogP contribution in [-0.4, -0.2) is 15.8 Å². The monoisotopic (exact) mass is 381 g/mol. The number of benzene rings is 2. The summed E-state index contributed by atoms with van der Waals surface area (Å²) in [5.41, 5.74) is 1.39. The molecule has 2 aromatic carbocycles. The molecule has 0 fully saturated rings. The Morgan fingerprint density at radius 2 is 2.00 bits per heavy atom. The van der Waals surface area contributed by atoms with Gasteiger partial charge in [0.2, 0.25) is 0 Å². The number of fused-ring (bicyclic) bond motifs is 1. The smallest absolute Gasteiger partial charge is 0.288 e. The molecule has 24 heavy (non-hydrogen) atoms. The molecule has 1 heterocycles. The molecule has 0 aliphatic rings. The van der Waals surface area contributed by atoms with Gasteiger partial charge in [0.25, 0.3) is 11.6 Å². The lowest BCUT2D eigenvalue weighted by Gasteiger charge is -2.02. The lowest BCUT2D eigenvalue weighted by Crippen LogP contribution is -2.11. The largest absolute Gasteiger partial charge is 0.298 e. The quantitative estimate of drug-likeness (QED) is 0.506. The van der Waals surface area contributed by atoms with Crippen LogP contribution in [0.25, 0.3) is 10.2 Å². The van der Waals surface area contributed by atoms with E-state index in [0.29, 0.717) is 15.7 Å². The maximum absolute atomic E-state index is 12.3. The maximum atomic E-state index is 12.3. The predicted molar refractivity (Wildman–Crippen MR) is 95.4 cm³/mol. The fourth-order valence-electron chi connectivity index (χ4n) is 2.07. The average Bonchev–Trinajstić information content (AvgIpc) is 2.88. The van der Waals surface area contributed by atoms with Crippen LogP contribution < -0.4 is 5.32 Å². The zero-order valence-corrected chi connectivity index (χ0v) is 14.5. The lowest BCUT2D eigenvalue weighted by molar-refractivity contribution is -0.384. The van der Waals surface area contributed by atoms with Crippen LogP contribution in [0.5, 0.6) is 0 Å². The van der Waals surface area contributed by atoms with Crippen molar-refractivity contribution in [2.45, 2.75) is 6.92 Å². The number of aryl methyl sites for hydroxylation is 1. The number of hydrogen-bond donors (Lipinski definition) is 1. The van der Waals surface area contributed by atoms with Gasteiger partial charge in [-0.3, -0.25) is 20.2 Å². The molecule has 0 saturated carbocycles. The number of halogens is 2. The van der Waals surface area contributed by atoms with E-state index in [4.69, 9.17) is 23.2 Å². The molecule has 9 heteroatoms. The minimum Gasteiger partial charge on any atom is -0.298 e. The Morgan fingerprint density at radius 1 is 1.25 bits per heavy atom. The molecule has 0 saturated heterocycles. The van der Waals surface area contributed by atoms with Gasteiger partial charge in [0.1, 0.15) is 5.02 Å². The highest BCUT2D eigenvalue weighted by atomic mass is 35.5. The highest BCUT2D eigenvalue weighted by Gasteiger charge is 2.17. The Balaban J connectivity index is 1.90. The molecule has 0 spiro atoms. The van der Waals surface area contributed by atoms with Crippen molar-refractivity contribution in [1.82, 2.24) is 4.98 Å². The second kappa shape index (κ2) is 6.35. The SMILES string of the molecule is Cc1cc2sc(NC(=O)c3ccc(Cl)c([N+](=O)[O-])c3)nc2cc1Cl. The first-order chi connectivity index (χ1) is 11.3. The van der Waals surface area contributed by atoms with Crippen LogP contribution in [0.1, 0.15) is 15.9 Å². The van der Waals surface area contributed by atoms with Crippen LogP contribution in [0.3, 0.4) is 0 Å². The molecule has 6 nitrogen and oxygen atoms in total. The lowest BCUT2D eigenvalue weighted by atomic mass is 10.2. The minimum atomic E-state index is -0.637. The normalized spacial score (nSPS) is 10.8. The summed E-state index contributed by atoms with van der Waals surface area (Å²) in [4.78, 5) is 26.8. The Kier molecular flexibility index (Phi) is 4.40. The first kappa shape index (κ1) is 16.6. The van der Waals surface area contributed by atoms with Gasteiger partial charge in [-0.05, 0) is 36.8 Å². The number of nitro benzene ring substituents is 1. The number of carbonyl (C=O) groups excluding carboxylic acids is 1. The van der Waals surface area contributed by atoms with E-state index >= 15 is 0 Å². The number of nitro groups is 1. The Hall–Kier alpha value is -2.22. The van der Waals surface area contributed by atoms with E-state index in [1.807, 2.05) is 13.0 Å². The number of carbonyl (C=O) groups is 1. The number of aromatic nitrogens is 1. The number of thiazole rings is 1. The van der Waals surface area contributed by atoms with Crippen molar-refractivity contribution in [3.63, 3.8) is 0 Å². The first-order valence-corrected chi connectivity index (χ1v) is 8.24. The third-order valence-electron chi connectivity index (χ3n) is 3.29. The molecule has 3 rings (SSSR count). The van der Waals surface area contributed by atoms with Crippen molar-refractivity contribution in [2.75, 3.05) is 5.32 Å². The molecule has 0 aliphatic carbocycles. The minimum absolute atomic E-state index is 0.0262. The summed E-state index contributed by atoms with van der Waals surface area (Å²) in [6.45, 7) is 1.88. The Bertz CT molecular complexity index is 948. The average molecular weight is 382 g/mol.